The van der Waals surface area contributed by atoms with Crippen molar-refractivity contribution in [2.45, 2.75) is 46.5 Å². The van der Waals surface area contributed by atoms with Crippen LogP contribution in [0.3, 0.4) is 0 Å². The predicted octanol–water partition coefficient (Wildman–Crippen LogP) is 3.72. The zero-order valence-corrected chi connectivity index (χ0v) is 12.7. The van der Waals surface area contributed by atoms with Gasteiger partial charge in [-0.15, -0.1) is 0 Å². The zero-order valence-electron chi connectivity index (χ0n) is 12.7. The van der Waals surface area contributed by atoms with Crippen LogP contribution in [0.25, 0.3) is 0 Å². The Labute approximate surface area is 116 Å². The average molecular weight is 262 g/mol. The first kappa shape index (κ1) is 15.5. The molecule has 0 aliphatic rings. The summed E-state index contributed by atoms with van der Waals surface area (Å²) in [6.45, 7) is 11.1. The first-order valence-corrected chi connectivity index (χ1v) is 6.71. The molecule has 0 aliphatic heterocycles. The molecule has 19 heavy (non-hydrogen) atoms. The average Bonchev–Trinajstić information content (AvgIpc) is 2.28. The number of hydrogen-bond acceptors (Lipinski definition) is 2. The van der Waals surface area contributed by atoms with E-state index in [2.05, 4.69) is 32.9 Å². The summed E-state index contributed by atoms with van der Waals surface area (Å²) < 4.78 is 5.78. The Hall–Kier alpha value is -1.51. The van der Waals surface area contributed by atoms with Crippen molar-refractivity contribution < 1.29 is 4.74 Å². The highest BCUT2D eigenvalue weighted by Gasteiger charge is 2.21. The molecule has 0 saturated heterocycles. The molecule has 0 atom stereocenters. The maximum absolute atomic E-state index is 7.52. The van der Waals surface area contributed by atoms with Gasteiger partial charge in [-0.2, -0.15) is 0 Å². The molecule has 0 spiro atoms. The van der Waals surface area contributed by atoms with Crippen molar-refractivity contribution in [1.29, 1.82) is 5.41 Å². The van der Waals surface area contributed by atoms with Gasteiger partial charge < -0.3 is 10.5 Å². The van der Waals surface area contributed by atoms with E-state index in [1.807, 2.05) is 26.0 Å². The molecule has 1 aromatic rings. The predicted molar refractivity (Wildman–Crippen MR) is 80.9 cm³/mol. The molecular formula is C16H26N2O. The van der Waals surface area contributed by atoms with Gasteiger partial charge in [0.05, 0.1) is 12.4 Å². The minimum atomic E-state index is -0.304. The number of rotatable bonds is 5. The van der Waals surface area contributed by atoms with E-state index < -0.39 is 0 Å². The highest BCUT2D eigenvalue weighted by molar-refractivity contribution is 5.82. The van der Waals surface area contributed by atoms with E-state index in [1.54, 1.807) is 0 Å². The van der Waals surface area contributed by atoms with Gasteiger partial charge in [0, 0.05) is 5.41 Å². The molecule has 0 saturated carbocycles. The summed E-state index contributed by atoms with van der Waals surface area (Å²) in [4.78, 5) is 0. The summed E-state index contributed by atoms with van der Waals surface area (Å²) in [5.41, 5.74) is 6.64. The van der Waals surface area contributed by atoms with Crippen molar-refractivity contribution in [3.8, 4) is 5.75 Å². The molecule has 0 radical (unpaired) electrons. The highest BCUT2D eigenvalue weighted by Crippen LogP contribution is 2.26. The van der Waals surface area contributed by atoms with E-state index in [9.17, 15) is 0 Å². The van der Waals surface area contributed by atoms with Crippen molar-refractivity contribution in [3.05, 3.63) is 29.8 Å². The lowest BCUT2D eigenvalue weighted by atomic mass is 9.87. The number of nitrogens with two attached hydrogens (primary N) is 1. The summed E-state index contributed by atoms with van der Waals surface area (Å²) in [6.07, 6.45) is 0.738. The van der Waals surface area contributed by atoms with Crippen molar-refractivity contribution in [1.82, 2.24) is 0 Å². The summed E-state index contributed by atoms with van der Waals surface area (Å²) in [5.74, 6) is 1.09. The normalized spacial score (nSPS) is 12.3. The number of nitrogens with one attached hydrogen (secondary N) is 1. The lowest BCUT2D eigenvalue weighted by Gasteiger charge is -2.23. The lowest BCUT2D eigenvalue weighted by molar-refractivity contribution is 0.268. The van der Waals surface area contributed by atoms with Crippen LogP contribution in [0.4, 0.5) is 0 Å². The van der Waals surface area contributed by atoms with E-state index in [0.29, 0.717) is 6.61 Å². The molecule has 0 amide bonds. The van der Waals surface area contributed by atoms with E-state index in [1.165, 1.54) is 5.56 Å². The minimum absolute atomic E-state index is 0.123. The quantitative estimate of drug-likeness (QED) is 0.627. The maximum atomic E-state index is 7.52. The van der Waals surface area contributed by atoms with Crippen LogP contribution < -0.4 is 10.5 Å². The molecule has 1 rings (SSSR count). The fraction of sp³-hybridized carbons (Fsp3) is 0.562. The molecule has 0 aliphatic carbocycles. The van der Waals surface area contributed by atoms with Crippen LogP contribution in [0.5, 0.6) is 5.75 Å². The number of hydrogen-bond donors (Lipinski definition) is 2. The van der Waals surface area contributed by atoms with Gasteiger partial charge in [0.2, 0.25) is 0 Å². The van der Waals surface area contributed by atoms with Gasteiger partial charge in [0.15, 0.2) is 0 Å². The lowest BCUT2D eigenvalue weighted by Crippen LogP contribution is -2.32. The third-order valence-corrected chi connectivity index (χ3v) is 3.42. The fourth-order valence-corrected chi connectivity index (χ4v) is 1.61. The molecular weight excluding hydrogens is 236 g/mol. The van der Waals surface area contributed by atoms with Crippen LogP contribution in [0.1, 0.15) is 46.6 Å². The third-order valence-electron chi connectivity index (χ3n) is 3.42. The minimum Gasteiger partial charge on any atom is -0.494 e. The van der Waals surface area contributed by atoms with Gasteiger partial charge in [0.1, 0.15) is 5.75 Å². The SMILES string of the molecule is CC(C)(CCOc1cccc(C(C)(C)C)c1)C(=N)N. The summed E-state index contributed by atoms with van der Waals surface area (Å²) in [7, 11) is 0. The molecule has 0 heterocycles. The number of ether oxygens (including phenoxy) is 1. The number of amidine groups is 1. The summed E-state index contributed by atoms with van der Waals surface area (Å²) >= 11 is 0. The van der Waals surface area contributed by atoms with Crippen LogP contribution in [0, 0.1) is 10.8 Å². The van der Waals surface area contributed by atoms with Gasteiger partial charge in [0.25, 0.3) is 0 Å². The molecule has 1 aromatic carbocycles. The van der Waals surface area contributed by atoms with Gasteiger partial charge in [-0.25, -0.2) is 0 Å². The van der Waals surface area contributed by atoms with Crippen molar-refractivity contribution in [2.24, 2.45) is 11.1 Å². The largest absolute Gasteiger partial charge is 0.494 e. The Kier molecular flexibility index (Phi) is 4.61. The second kappa shape index (κ2) is 5.64. The van der Waals surface area contributed by atoms with Crippen molar-refractivity contribution >= 4 is 5.84 Å². The second-order valence-corrected chi connectivity index (χ2v) is 6.67. The Morgan fingerprint density at radius 1 is 1.21 bits per heavy atom. The molecule has 0 aromatic heterocycles. The van der Waals surface area contributed by atoms with Gasteiger partial charge in [-0.3, -0.25) is 5.41 Å². The van der Waals surface area contributed by atoms with Crippen LogP contribution >= 0.6 is 0 Å². The molecule has 0 fully saturated rings. The number of benzene rings is 1. The summed E-state index contributed by atoms with van der Waals surface area (Å²) in [5, 5.41) is 7.52. The second-order valence-electron chi connectivity index (χ2n) is 6.67. The molecule has 3 heteroatoms. The van der Waals surface area contributed by atoms with Crippen molar-refractivity contribution in [3.63, 3.8) is 0 Å². The first-order valence-electron chi connectivity index (χ1n) is 6.71. The van der Waals surface area contributed by atoms with Crippen LogP contribution in [0.2, 0.25) is 0 Å². The zero-order chi connectivity index (χ0) is 14.7. The summed E-state index contributed by atoms with van der Waals surface area (Å²) in [6, 6.07) is 8.19. The van der Waals surface area contributed by atoms with Gasteiger partial charge >= 0.3 is 0 Å². The molecule has 3 N–H and O–H groups in total. The van der Waals surface area contributed by atoms with Crippen molar-refractivity contribution in [2.75, 3.05) is 6.61 Å². The molecule has 3 nitrogen and oxygen atoms in total. The van der Waals surface area contributed by atoms with E-state index >= 15 is 0 Å². The van der Waals surface area contributed by atoms with Gasteiger partial charge in [-0.1, -0.05) is 46.8 Å². The maximum Gasteiger partial charge on any atom is 0.119 e. The Balaban J connectivity index is 2.62. The Bertz CT molecular complexity index is 444. The van der Waals surface area contributed by atoms with E-state index in [4.69, 9.17) is 15.9 Å². The highest BCUT2D eigenvalue weighted by atomic mass is 16.5. The molecule has 0 unspecified atom stereocenters. The topological polar surface area (TPSA) is 59.1 Å². The Morgan fingerprint density at radius 3 is 2.37 bits per heavy atom. The van der Waals surface area contributed by atoms with Crippen LogP contribution in [0.15, 0.2) is 24.3 Å². The molecule has 0 bridgehead atoms. The van der Waals surface area contributed by atoms with Gasteiger partial charge in [-0.05, 0) is 29.5 Å². The smallest absolute Gasteiger partial charge is 0.119 e. The van der Waals surface area contributed by atoms with Crippen LogP contribution in [-0.4, -0.2) is 12.4 Å². The first-order chi connectivity index (χ1) is 8.63. The Morgan fingerprint density at radius 2 is 1.84 bits per heavy atom. The molecule has 106 valence electrons. The monoisotopic (exact) mass is 262 g/mol. The third kappa shape index (κ3) is 4.58. The van der Waals surface area contributed by atoms with Crippen LogP contribution in [-0.2, 0) is 5.41 Å². The standard InChI is InChI=1S/C16H26N2O/c1-15(2,3)12-7-6-8-13(11-12)19-10-9-16(4,5)14(17)18/h6-8,11H,9-10H2,1-5H3,(H3,17,18). The van der Waals surface area contributed by atoms with E-state index in [-0.39, 0.29) is 16.7 Å². The fourth-order valence-electron chi connectivity index (χ4n) is 1.61. The van der Waals surface area contributed by atoms with E-state index in [0.717, 1.165) is 12.2 Å².